The molecule has 1 rings (SSSR count). The van der Waals surface area contributed by atoms with Crippen LogP contribution >= 0.6 is 21.7 Å². The van der Waals surface area contributed by atoms with Crippen LogP contribution < -0.4 is 4.74 Å². The van der Waals surface area contributed by atoms with Gasteiger partial charge in [-0.15, -0.1) is 0 Å². The van der Waals surface area contributed by atoms with Crippen molar-refractivity contribution in [1.29, 1.82) is 0 Å². The summed E-state index contributed by atoms with van der Waals surface area (Å²) in [5.41, 5.74) is 0. The normalized spacial score (nSPS) is 9.92. The fraction of sp³-hybridized carbons (Fsp3) is 0.250. The molecule has 66 valence electrons. The zero-order chi connectivity index (χ0) is 8.97. The van der Waals surface area contributed by atoms with E-state index in [2.05, 4.69) is 0 Å². The molecule has 0 aromatic heterocycles. The third kappa shape index (κ3) is 2.05. The number of rotatable bonds is 3. The molecule has 0 spiro atoms. The molecule has 0 fully saturated rings. The summed E-state index contributed by atoms with van der Waals surface area (Å²) < 4.78 is 18.1. The van der Waals surface area contributed by atoms with Gasteiger partial charge in [-0.25, -0.2) is 4.39 Å². The fourth-order valence-corrected chi connectivity index (χ4v) is 1.56. The summed E-state index contributed by atoms with van der Waals surface area (Å²) >= 11 is 0. The molecule has 1 aromatic carbocycles. The van der Waals surface area contributed by atoms with Gasteiger partial charge in [-0.05, 0) is 40.7 Å². The van der Waals surface area contributed by atoms with E-state index in [1.165, 1.54) is 6.07 Å². The Morgan fingerprint density at radius 2 is 2.33 bits per heavy atom. The lowest BCUT2D eigenvalue weighted by molar-refractivity contribution is 0.313. The first-order valence-electron chi connectivity index (χ1n) is 3.49. The van der Waals surface area contributed by atoms with E-state index in [-0.39, 0.29) is 11.6 Å². The van der Waals surface area contributed by atoms with Crippen LogP contribution in [0.1, 0.15) is 6.92 Å². The van der Waals surface area contributed by atoms with Crippen molar-refractivity contribution in [2.75, 3.05) is 6.61 Å². The molecule has 0 amide bonds. The SMILES string of the molecule is CCOc1c(F)cccc1SCl. The minimum absolute atomic E-state index is 0.236. The lowest BCUT2D eigenvalue weighted by Crippen LogP contribution is -1.95. The zero-order valence-electron chi connectivity index (χ0n) is 6.51. The van der Waals surface area contributed by atoms with Gasteiger partial charge >= 0.3 is 0 Å². The van der Waals surface area contributed by atoms with Gasteiger partial charge < -0.3 is 4.74 Å². The van der Waals surface area contributed by atoms with E-state index in [4.69, 9.17) is 15.4 Å². The second kappa shape index (κ2) is 4.58. The monoisotopic (exact) mass is 206 g/mol. The molecule has 4 heteroatoms. The average molecular weight is 207 g/mol. The van der Waals surface area contributed by atoms with Crippen molar-refractivity contribution in [2.45, 2.75) is 11.8 Å². The van der Waals surface area contributed by atoms with Gasteiger partial charge in [0.2, 0.25) is 0 Å². The molecular weight excluding hydrogens is 199 g/mol. The highest BCUT2D eigenvalue weighted by atomic mass is 35.7. The molecule has 0 atom stereocenters. The molecule has 0 saturated heterocycles. The van der Waals surface area contributed by atoms with Crippen molar-refractivity contribution in [3.05, 3.63) is 24.0 Å². The molecule has 0 aliphatic rings. The Kier molecular flexibility index (Phi) is 3.69. The predicted octanol–water partition coefficient (Wildman–Crippen LogP) is 3.47. The van der Waals surface area contributed by atoms with E-state index in [0.717, 1.165) is 11.0 Å². The van der Waals surface area contributed by atoms with E-state index >= 15 is 0 Å². The van der Waals surface area contributed by atoms with Crippen LogP contribution in [0.25, 0.3) is 0 Å². The van der Waals surface area contributed by atoms with E-state index in [0.29, 0.717) is 11.5 Å². The quantitative estimate of drug-likeness (QED) is 0.749. The first kappa shape index (κ1) is 9.68. The minimum Gasteiger partial charge on any atom is -0.490 e. The predicted molar refractivity (Wildman–Crippen MR) is 49.3 cm³/mol. The fourth-order valence-electron chi connectivity index (χ4n) is 0.834. The Labute approximate surface area is 79.4 Å². The highest BCUT2D eigenvalue weighted by Gasteiger charge is 2.08. The lowest BCUT2D eigenvalue weighted by atomic mass is 10.3. The standard InChI is InChI=1S/C8H8ClFOS/c1-2-11-8-6(10)4-3-5-7(8)12-9/h3-5H,2H2,1H3. The summed E-state index contributed by atoms with van der Waals surface area (Å²) in [5, 5.41) is 0. The van der Waals surface area contributed by atoms with E-state index < -0.39 is 0 Å². The van der Waals surface area contributed by atoms with Crippen molar-refractivity contribution in [1.82, 2.24) is 0 Å². The van der Waals surface area contributed by atoms with Gasteiger partial charge in [0.05, 0.1) is 11.5 Å². The maximum Gasteiger partial charge on any atom is 0.169 e. The third-order valence-corrected chi connectivity index (χ3v) is 2.29. The van der Waals surface area contributed by atoms with Crippen molar-refractivity contribution < 1.29 is 9.13 Å². The highest BCUT2D eigenvalue weighted by Crippen LogP contribution is 2.33. The van der Waals surface area contributed by atoms with Crippen molar-refractivity contribution in [3.63, 3.8) is 0 Å². The van der Waals surface area contributed by atoms with Gasteiger partial charge in [-0.2, -0.15) is 0 Å². The first-order chi connectivity index (χ1) is 5.79. The van der Waals surface area contributed by atoms with Gasteiger partial charge in [0.1, 0.15) is 0 Å². The summed E-state index contributed by atoms with van der Waals surface area (Å²) in [4.78, 5) is 0.610. The van der Waals surface area contributed by atoms with Crippen LogP contribution in [-0.2, 0) is 0 Å². The maximum atomic E-state index is 13.0. The molecule has 0 aliphatic heterocycles. The molecule has 0 radical (unpaired) electrons. The number of hydrogen-bond acceptors (Lipinski definition) is 2. The van der Waals surface area contributed by atoms with Gasteiger partial charge in [0.25, 0.3) is 0 Å². The Morgan fingerprint density at radius 1 is 1.58 bits per heavy atom. The van der Waals surface area contributed by atoms with Crippen LogP contribution in [0.2, 0.25) is 0 Å². The zero-order valence-corrected chi connectivity index (χ0v) is 8.08. The molecule has 0 unspecified atom stereocenters. The van der Waals surface area contributed by atoms with Gasteiger partial charge in [-0.3, -0.25) is 0 Å². The molecule has 0 N–H and O–H groups in total. The summed E-state index contributed by atoms with van der Waals surface area (Å²) in [6.45, 7) is 2.24. The first-order valence-corrected chi connectivity index (χ1v) is 5.13. The molecular formula is C8H8ClFOS. The minimum atomic E-state index is -0.373. The van der Waals surface area contributed by atoms with Gasteiger partial charge in [-0.1, -0.05) is 6.07 Å². The molecule has 0 bridgehead atoms. The molecule has 0 aliphatic carbocycles. The topological polar surface area (TPSA) is 9.23 Å². The molecule has 0 heterocycles. The Morgan fingerprint density at radius 3 is 2.92 bits per heavy atom. The van der Waals surface area contributed by atoms with Crippen LogP contribution in [0.3, 0.4) is 0 Å². The van der Waals surface area contributed by atoms with Crippen LogP contribution in [0.15, 0.2) is 23.1 Å². The average Bonchev–Trinajstić information content (AvgIpc) is 2.09. The smallest absolute Gasteiger partial charge is 0.169 e. The number of benzene rings is 1. The van der Waals surface area contributed by atoms with Crippen molar-refractivity contribution in [2.24, 2.45) is 0 Å². The van der Waals surface area contributed by atoms with Crippen LogP contribution in [0.5, 0.6) is 5.75 Å². The Hall–Kier alpha value is -0.410. The summed E-state index contributed by atoms with van der Waals surface area (Å²) in [7, 11) is 6.47. The van der Waals surface area contributed by atoms with Crippen LogP contribution in [0.4, 0.5) is 4.39 Å². The molecule has 1 nitrogen and oxygen atoms in total. The maximum absolute atomic E-state index is 13.0. The Bertz CT molecular complexity index is 267. The van der Waals surface area contributed by atoms with E-state index in [1.54, 1.807) is 19.1 Å². The second-order valence-electron chi connectivity index (χ2n) is 2.08. The van der Waals surface area contributed by atoms with Gasteiger partial charge in [0.15, 0.2) is 11.6 Å². The number of halogens is 2. The highest BCUT2D eigenvalue weighted by molar-refractivity contribution is 8.21. The molecule has 1 aromatic rings. The summed E-state index contributed by atoms with van der Waals surface area (Å²) in [6, 6.07) is 4.66. The lowest BCUT2D eigenvalue weighted by Gasteiger charge is -2.07. The van der Waals surface area contributed by atoms with Gasteiger partial charge in [0, 0.05) is 0 Å². The van der Waals surface area contributed by atoms with Crippen LogP contribution in [0, 0.1) is 5.82 Å². The largest absolute Gasteiger partial charge is 0.490 e. The molecule has 0 saturated carbocycles. The number of ether oxygens (including phenoxy) is 1. The van der Waals surface area contributed by atoms with E-state index in [9.17, 15) is 4.39 Å². The van der Waals surface area contributed by atoms with Crippen molar-refractivity contribution >= 4 is 21.7 Å². The Balaban J connectivity index is 3.02. The second-order valence-corrected chi connectivity index (χ2v) is 3.13. The van der Waals surface area contributed by atoms with Crippen LogP contribution in [-0.4, -0.2) is 6.61 Å². The number of para-hydroxylation sites is 1. The summed E-state index contributed by atoms with van der Waals surface area (Å²) in [6.07, 6.45) is 0. The summed E-state index contributed by atoms with van der Waals surface area (Å²) in [5.74, 6) is -0.137. The molecule has 12 heavy (non-hydrogen) atoms. The third-order valence-electron chi connectivity index (χ3n) is 1.30. The van der Waals surface area contributed by atoms with Crippen molar-refractivity contribution in [3.8, 4) is 5.75 Å². The number of hydrogen-bond donors (Lipinski definition) is 0. The van der Waals surface area contributed by atoms with E-state index in [1.807, 2.05) is 0 Å².